The molecule has 2 atom stereocenters. The van der Waals surface area contributed by atoms with Gasteiger partial charge in [0.2, 0.25) is 0 Å². The summed E-state index contributed by atoms with van der Waals surface area (Å²) in [7, 11) is 0. The molecule has 0 saturated heterocycles. The Kier molecular flexibility index (Phi) is 4.00. The molecular weight excluding hydrogens is 350 g/mol. The number of furan rings is 1. The largest absolute Gasteiger partial charge is 0.459 e. The van der Waals surface area contributed by atoms with Crippen LogP contribution in [0.25, 0.3) is 11.0 Å². The lowest BCUT2D eigenvalue weighted by Crippen LogP contribution is -2.27. The van der Waals surface area contributed by atoms with Crippen molar-refractivity contribution in [1.82, 2.24) is 5.32 Å². The topological polar surface area (TPSA) is 25.2 Å². The maximum absolute atomic E-state index is 6.21. The van der Waals surface area contributed by atoms with Gasteiger partial charge in [-0.15, -0.1) is 0 Å². The van der Waals surface area contributed by atoms with Crippen molar-refractivity contribution in [2.75, 3.05) is 0 Å². The van der Waals surface area contributed by atoms with Crippen LogP contribution in [0.2, 0.25) is 0 Å². The van der Waals surface area contributed by atoms with Crippen molar-refractivity contribution in [3.8, 4) is 0 Å². The molecule has 0 aliphatic heterocycles. The number of nitrogens with one attached hydrogen (secondary N) is 1. The molecule has 0 radical (unpaired) electrons. The van der Waals surface area contributed by atoms with Crippen LogP contribution < -0.4 is 5.32 Å². The first-order valence-corrected chi connectivity index (χ1v) is 9.03. The maximum Gasteiger partial charge on any atom is 0.134 e. The number of halogens is 1. The Morgan fingerprint density at radius 1 is 1.17 bits per heavy atom. The first-order valence-electron chi connectivity index (χ1n) is 8.24. The average Bonchev–Trinajstić information content (AvgIpc) is 2.95. The van der Waals surface area contributed by atoms with Gasteiger partial charge in [0.1, 0.15) is 11.3 Å². The molecule has 1 heterocycles. The number of rotatable bonds is 3. The molecule has 0 unspecified atom stereocenters. The van der Waals surface area contributed by atoms with E-state index in [0.29, 0.717) is 12.1 Å². The van der Waals surface area contributed by atoms with Crippen LogP contribution in [0.4, 0.5) is 0 Å². The van der Waals surface area contributed by atoms with Crippen molar-refractivity contribution >= 4 is 26.9 Å². The molecule has 1 N–H and O–H groups in total. The molecule has 1 aromatic heterocycles. The summed E-state index contributed by atoms with van der Waals surface area (Å²) in [6.45, 7) is 2.23. The molecule has 3 heteroatoms. The second kappa shape index (κ2) is 6.14. The summed E-state index contributed by atoms with van der Waals surface area (Å²) in [5, 5.41) is 5.02. The minimum atomic E-state index is 0.292. The fraction of sp³-hybridized carbons (Fsp3) is 0.300. The molecule has 1 aliphatic carbocycles. The van der Waals surface area contributed by atoms with Crippen molar-refractivity contribution in [3.63, 3.8) is 0 Å². The molecule has 0 amide bonds. The molecule has 23 heavy (non-hydrogen) atoms. The highest BCUT2D eigenvalue weighted by atomic mass is 79.9. The number of aryl methyl sites for hydroxylation is 1. The van der Waals surface area contributed by atoms with Crippen LogP contribution in [0.1, 0.15) is 48.7 Å². The van der Waals surface area contributed by atoms with E-state index in [4.69, 9.17) is 4.42 Å². The Labute approximate surface area is 145 Å². The number of fused-ring (bicyclic) bond motifs is 3. The van der Waals surface area contributed by atoms with Crippen molar-refractivity contribution in [2.24, 2.45) is 0 Å². The van der Waals surface area contributed by atoms with Crippen molar-refractivity contribution < 1.29 is 4.42 Å². The normalized spacial score (nSPS) is 18.8. The van der Waals surface area contributed by atoms with E-state index in [0.717, 1.165) is 28.7 Å². The van der Waals surface area contributed by atoms with Gasteiger partial charge >= 0.3 is 0 Å². The number of benzene rings is 2. The Hall–Kier alpha value is -1.58. The van der Waals surface area contributed by atoms with Gasteiger partial charge in [-0.3, -0.25) is 0 Å². The van der Waals surface area contributed by atoms with Crippen LogP contribution in [0.5, 0.6) is 0 Å². The molecular formula is C20H20BrNO. The fourth-order valence-corrected chi connectivity index (χ4v) is 3.95. The van der Waals surface area contributed by atoms with Crippen LogP contribution in [-0.4, -0.2) is 0 Å². The number of hydrogen-bond acceptors (Lipinski definition) is 2. The summed E-state index contributed by atoms with van der Waals surface area (Å²) < 4.78 is 7.32. The molecule has 1 aliphatic rings. The SMILES string of the molecule is C[C@@H](N[C@@H]1CCCc2c1oc1ccc(Br)cc21)c1ccccc1. The Balaban J connectivity index is 1.66. The zero-order valence-corrected chi connectivity index (χ0v) is 14.8. The van der Waals surface area contributed by atoms with E-state index in [9.17, 15) is 0 Å². The third-order valence-electron chi connectivity index (χ3n) is 4.77. The third-order valence-corrected chi connectivity index (χ3v) is 5.26. The molecule has 0 bridgehead atoms. The first kappa shape index (κ1) is 15.0. The fourth-order valence-electron chi connectivity index (χ4n) is 3.59. The zero-order valence-electron chi connectivity index (χ0n) is 13.2. The van der Waals surface area contributed by atoms with E-state index >= 15 is 0 Å². The first-order chi connectivity index (χ1) is 11.2. The lowest BCUT2D eigenvalue weighted by atomic mass is 9.91. The van der Waals surface area contributed by atoms with E-state index in [1.165, 1.54) is 22.9 Å². The lowest BCUT2D eigenvalue weighted by molar-refractivity contribution is 0.353. The lowest BCUT2D eigenvalue weighted by Gasteiger charge is -2.26. The summed E-state index contributed by atoms with van der Waals surface area (Å²) in [5.41, 5.74) is 3.70. The van der Waals surface area contributed by atoms with Gasteiger partial charge in [0.05, 0.1) is 6.04 Å². The van der Waals surface area contributed by atoms with Gasteiger partial charge < -0.3 is 9.73 Å². The highest BCUT2D eigenvalue weighted by Gasteiger charge is 2.27. The van der Waals surface area contributed by atoms with Gasteiger partial charge in [-0.2, -0.15) is 0 Å². The van der Waals surface area contributed by atoms with Crippen LogP contribution in [0.3, 0.4) is 0 Å². The Morgan fingerprint density at radius 2 is 2.00 bits per heavy atom. The summed E-state index contributed by atoms with van der Waals surface area (Å²) in [4.78, 5) is 0. The van der Waals surface area contributed by atoms with Crippen molar-refractivity contribution in [2.45, 2.75) is 38.3 Å². The van der Waals surface area contributed by atoms with Gasteiger partial charge in [0.25, 0.3) is 0 Å². The molecule has 0 fully saturated rings. The minimum Gasteiger partial charge on any atom is -0.459 e. The monoisotopic (exact) mass is 369 g/mol. The van der Waals surface area contributed by atoms with Gasteiger partial charge in [-0.1, -0.05) is 46.3 Å². The summed E-state index contributed by atoms with van der Waals surface area (Å²) in [6, 6.07) is 17.5. The minimum absolute atomic E-state index is 0.292. The summed E-state index contributed by atoms with van der Waals surface area (Å²) in [5.74, 6) is 1.13. The maximum atomic E-state index is 6.21. The summed E-state index contributed by atoms with van der Waals surface area (Å²) >= 11 is 3.57. The molecule has 0 saturated carbocycles. The third kappa shape index (κ3) is 2.84. The summed E-state index contributed by atoms with van der Waals surface area (Å²) in [6.07, 6.45) is 3.44. The van der Waals surface area contributed by atoms with Crippen molar-refractivity contribution in [3.05, 3.63) is 69.9 Å². The molecule has 4 rings (SSSR count). The number of hydrogen-bond donors (Lipinski definition) is 1. The zero-order chi connectivity index (χ0) is 15.8. The second-order valence-electron chi connectivity index (χ2n) is 6.33. The van der Waals surface area contributed by atoms with Crippen LogP contribution in [-0.2, 0) is 6.42 Å². The van der Waals surface area contributed by atoms with E-state index < -0.39 is 0 Å². The van der Waals surface area contributed by atoms with Crippen LogP contribution in [0.15, 0.2) is 57.4 Å². The molecule has 0 spiro atoms. The highest BCUT2D eigenvalue weighted by Crippen LogP contribution is 2.39. The second-order valence-corrected chi connectivity index (χ2v) is 7.24. The highest BCUT2D eigenvalue weighted by molar-refractivity contribution is 9.10. The average molecular weight is 370 g/mol. The van der Waals surface area contributed by atoms with Crippen LogP contribution >= 0.6 is 15.9 Å². The van der Waals surface area contributed by atoms with Gasteiger partial charge in [-0.05, 0) is 49.9 Å². The quantitative estimate of drug-likeness (QED) is 0.619. The van der Waals surface area contributed by atoms with Gasteiger partial charge in [0.15, 0.2) is 0 Å². The van der Waals surface area contributed by atoms with Crippen molar-refractivity contribution in [1.29, 1.82) is 0 Å². The van der Waals surface area contributed by atoms with E-state index in [-0.39, 0.29) is 0 Å². The molecule has 2 aromatic carbocycles. The van der Waals surface area contributed by atoms with Crippen LogP contribution in [0, 0.1) is 0 Å². The molecule has 118 valence electrons. The standard InChI is InChI=1S/C20H20BrNO/c1-13(14-6-3-2-4-7-14)22-18-9-5-8-16-17-12-15(21)10-11-19(17)23-20(16)18/h2-4,6-7,10-13,18,22H,5,8-9H2,1H3/t13-,18-/m1/s1. The predicted octanol–water partition coefficient (Wildman–Crippen LogP) is 5.92. The van der Waals surface area contributed by atoms with Gasteiger partial charge in [-0.25, -0.2) is 0 Å². The van der Waals surface area contributed by atoms with E-state index in [1.807, 2.05) is 6.07 Å². The van der Waals surface area contributed by atoms with E-state index in [2.05, 4.69) is 70.6 Å². The smallest absolute Gasteiger partial charge is 0.134 e. The Bertz CT molecular complexity index is 824. The van der Waals surface area contributed by atoms with Gasteiger partial charge in [0, 0.05) is 21.5 Å². The predicted molar refractivity (Wildman–Crippen MR) is 97.6 cm³/mol. The molecule has 3 aromatic rings. The Morgan fingerprint density at radius 3 is 2.83 bits per heavy atom. The van der Waals surface area contributed by atoms with E-state index in [1.54, 1.807) is 0 Å². The molecule has 2 nitrogen and oxygen atoms in total.